The van der Waals surface area contributed by atoms with Gasteiger partial charge in [0.2, 0.25) is 5.91 Å². The summed E-state index contributed by atoms with van der Waals surface area (Å²) in [6.45, 7) is 1.69. The summed E-state index contributed by atoms with van der Waals surface area (Å²) in [6.07, 6.45) is -0.569. The van der Waals surface area contributed by atoms with E-state index in [4.69, 9.17) is 31.3 Å². The van der Waals surface area contributed by atoms with E-state index < -0.39 is 18.1 Å². The first-order valence-electron chi connectivity index (χ1n) is 8.90. The molecular formula is C19H38N3O7+. The Hall–Kier alpha value is -2.08. The summed E-state index contributed by atoms with van der Waals surface area (Å²) in [4.78, 5) is 19.6. The molecule has 0 unspecified atom stereocenters. The molecule has 10 nitrogen and oxygen atoms in total. The molecule has 0 heterocycles. The Labute approximate surface area is 172 Å². The lowest BCUT2D eigenvalue weighted by atomic mass is 10.1. The number of quaternary nitrogens is 1. The number of carbonyl (C=O) groups excluding carboxylic acids is 1. The van der Waals surface area contributed by atoms with Gasteiger partial charge in [0.05, 0.1) is 41.0 Å². The van der Waals surface area contributed by atoms with Gasteiger partial charge in [-0.2, -0.15) is 0 Å². The lowest BCUT2D eigenvalue weighted by Crippen LogP contribution is -2.36. The zero-order valence-electron chi connectivity index (χ0n) is 17.7. The van der Waals surface area contributed by atoms with Crippen LogP contribution in [0.5, 0.6) is 0 Å². The van der Waals surface area contributed by atoms with Gasteiger partial charge >= 0.3 is 5.97 Å². The molecule has 29 heavy (non-hydrogen) atoms. The van der Waals surface area contributed by atoms with Gasteiger partial charge in [0.25, 0.3) is 0 Å². The Morgan fingerprint density at radius 1 is 1.03 bits per heavy atom. The van der Waals surface area contributed by atoms with E-state index in [1.807, 2.05) is 30.3 Å². The van der Waals surface area contributed by atoms with E-state index in [1.54, 1.807) is 0 Å². The summed E-state index contributed by atoms with van der Waals surface area (Å²) < 4.78 is 0.844. The fourth-order valence-corrected chi connectivity index (χ4v) is 1.31. The molecule has 0 fully saturated rings. The van der Waals surface area contributed by atoms with Crippen LogP contribution in [0.15, 0.2) is 30.3 Å². The molecule has 9 N–H and O–H groups in total. The predicted octanol–water partition coefficient (Wildman–Crippen LogP) is -1.85. The van der Waals surface area contributed by atoms with Crippen LogP contribution >= 0.6 is 0 Å². The normalized spacial score (nSPS) is 11.0. The van der Waals surface area contributed by atoms with Crippen molar-refractivity contribution in [2.24, 2.45) is 11.5 Å². The Morgan fingerprint density at radius 2 is 1.45 bits per heavy atom. The van der Waals surface area contributed by atoms with Crippen LogP contribution in [0.2, 0.25) is 0 Å². The SMILES string of the molecule is CC(N)=O.C[N+](C)(C)CCO.N[C@@H](Cc1ccccc1)C(=O)O.OCC(O)CO. The second-order valence-electron chi connectivity index (χ2n) is 7.00. The molecule has 1 aromatic carbocycles. The van der Waals surface area contributed by atoms with Crippen molar-refractivity contribution in [1.82, 2.24) is 0 Å². The summed E-state index contributed by atoms with van der Waals surface area (Å²) in [5.74, 6) is -1.29. The predicted molar refractivity (Wildman–Crippen MR) is 111 cm³/mol. The van der Waals surface area contributed by atoms with E-state index in [0.29, 0.717) is 6.42 Å². The zero-order chi connectivity index (χ0) is 23.5. The lowest BCUT2D eigenvalue weighted by molar-refractivity contribution is -0.870. The number of hydrogen-bond acceptors (Lipinski definition) is 7. The third kappa shape index (κ3) is 30.9. The minimum atomic E-state index is -0.959. The number of aliphatic hydroxyl groups is 4. The smallest absolute Gasteiger partial charge is 0.320 e. The van der Waals surface area contributed by atoms with E-state index in [0.717, 1.165) is 16.6 Å². The molecule has 10 heteroatoms. The number of carboxylic acid groups (broad SMARTS) is 1. The third-order valence-electron chi connectivity index (χ3n) is 2.81. The molecule has 0 spiro atoms. The van der Waals surface area contributed by atoms with Crippen LogP contribution in [0.25, 0.3) is 0 Å². The summed E-state index contributed by atoms with van der Waals surface area (Å²) in [5, 5.41) is 40.9. The molecule has 0 bridgehead atoms. The molecule has 0 aliphatic heterocycles. The first-order chi connectivity index (χ1) is 13.3. The zero-order valence-corrected chi connectivity index (χ0v) is 17.7. The van der Waals surface area contributed by atoms with E-state index in [9.17, 15) is 9.59 Å². The van der Waals surface area contributed by atoms with Crippen LogP contribution in [-0.4, -0.2) is 102 Å². The Kier molecular flexibility index (Phi) is 21.0. The largest absolute Gasteiger partial charge is 0.480 e. The summed E-state index contributed by atoms with van der Waals surface area (Å²) >= 11 is 0. The molecule has 1 aromatic rings. The van der Waals surface area contributed by atoms with Crippen molar-refractivity contribution in [3.8, 4) is 0 Å². The maximum atomic E-state index is 10.4. The third-order valence-corrected chi connectivity index (χ3v) is 2.81. The number of aliphatic hydroxyl groups excluding tert-OH is 4. The summed E-state index contributed by atoms with van der Waals surface area (Å²) in [7, 11) is 6.16. The average Bonchev–Trinajstić information content (AvgIpc) is 2.61. The van der Waals surface area contributed by atoms with Crippen molar-refractivity contribution in [2.75, 3.05) is 47.5 Å². The van der Waals surface area contributed by atoms with Crippen LogP contribution in [0.4, 0.5) is 0 Å². The van der Waals surface area contributed by atoms with E-state index in [1.165, 1.54) is 6.92 Å². The second-order valence-corrected chi connectivity index (χ2v) is 7.00. The monoisotopic (exact) mass is 420 g/mol. The maximum Gasteiger partial charge on any atom is 0.320 e. The molecule has 170 valence electrons. The van der Waals surface area contributed by atoms with Crippen molar-refractivity contribution in [3.63, 3.8) is 0 Å². The van der Waals surface area contributed by atoms with Gasteiger partial charge in [-0.05, 0) is 12.0 Å². The molecular weight excluding hydrogens is 382 g/mol. The van der Waals surface area contributed by atoms with Gasteiger partial charge in [-0.15, -0.1) is 0 Å². The highest BCUT2D eigenvalue weighted by atomic mass is 16.4. The lowest BCUT2D eigenvalue weighted by Gasteiger charge is -2.21. The van der Waals surface area contributed by atoms with E-state index in [-0.39, 0.29) is 25.7 Å². The van der Waals surface area contributed by atoms with Crippen molar-refractivity contribution in [3.05, 3.63) is 35.9 Å². The highest BCUT2D eigenvalue weighted by molar-refractivity contribution is 5.73. The fraction of sp³-hybridized carbons (Fsp3) is 0.579. The van der Waals surface area contributed by atoms with Gasteiger partial charge in [0, 0.05) is 6.92 Å². The van der Waals surface area contributed by atoms with Crippen molar-refractivity contribution < 1.29 is 39.6 Å². The van der Waals surface area contributed by atoms with Crippen LogP contribution in [-0.2, 0) is 16.0 Å². The number of carbonyl (C=O) groups is 2. The Morgan fingerprint density at radius 3 is 1.66 bits per heavy atom. The van der Waals surface area contributed by atoms with Crippen molar-refractivity contribution in [2.45, 2.75) is 25.5 Å². The van der Waals surface area contributed by atoms with Gasteiger partial charge in [-0.3, -0.25) is 9.59 Å². The number of rotatable bonds is 7. The fourth-order valence-electron chi connectivity index (χ4n) is 1.31. The van der Waals surface area contributed by atoms with Crippen molar-refractivity contribution in [1.29, 1.82) is 0 Å². The van der Waals surface area contributed by atoms with Gasteiger partial charge < -0.3 is 41.5 Å². The number of nitrogens with zero attached hydrogens (tertiary/aromatic N) is 1. The van der Waals surface area contributed by atoms with Gasteiger partial charge in [0.1, 0.15) is 18.7 Å². The molecule has 1 atom stereocenters. The number of aliphatic carboxylic acids is 1. The molecule has 0 radical (unpaired) electrons. The number of primary amides is 1. The van der Waals surface area contributed by atoms with Gasteiger partial charge in [-0.25, -0.2) is 0 Å². The first-order valence-corrected chi connectivity index (χ1v) is 8.90. The summed E-state index contributed by atoms with van der Waals surface area (Å²) in [5.41, 5.74) is 10.8. The topological polar surface area (TPSA) is 187 Å². The number of hydrogen-bond donors (Lipinski definition) is 7. The van der Waals surface area contributed by atoms with Crippen LogP contribution in [0.3, 0.4) is 0 Å². The van der Waals surface area contributed by atoms with E-state index in [2.05, 4.69) is 26.9 Å². The Balaban J connectivity index is -0.000000342. The van der Waals surface area contributed by atoms with Crippen LogP contribution in [0.1, 0.15) is 12.5 Å². The molecule has 0 aliphatic rings. The van der Waals surface area contributed by atoms with Crippen LogP contribution < -0.4 is 11.5 Å². The number of benzene rings is 1. The molecule has 1 amide bonds. The molecule has 0 saturated carbocycles. The molecule has 0 aromatic heterocycles. The Bertz CT molecular complexity index is 514. The minimum Gasteiger partial charge on any atom is -0.480 e. The maximum absolute atomic E-state index is 10.4. The highest BCUT2D eigenvalue weighted by Crippen LogP contribution is 2.01. The second kappa shape index (κ2) is 19.2. The number of amides is 1. The molecule has 0 saturated heterocycles. The number of carboxylic acids is 1. The standard InChI is InChI=1S/C9H11NO2.C5H14NO.C3H8O3.C2H5NO/c10-8(9(11)12)6-7-4-2-1-3-5-7;1-6(2,3)4-5-7;4-1-3(6)2-5;1-2(3)4/h1-5,8H,6,10H2,(H,11,12);7H,4-5H2,1-3H3;3-6H,1-2H2;1H3,(H2,3,4)/q;+1;;/t8-;;;/m0.../s1. The van der Waals surface area contributed by atoms with Gasteiger partial charge in [-0.1, -0.05) is 30.3 Å². The average molecular weight is 421 g/mol. The van der Waals surface area contributed by atoms with E-state index >= 15 is 0 Å². The number of likely N-dealkylation sites (N-methyl/N-ethyl adjacent to an activating group) is 1. The van der Waals surface area contributed by atoms with Gasteiger partial charge in [0.15, 0.2) is 0 Å². The summed E-state index contributed by atoms with van der Waals surface area (Å²) in [6, 6.07) is 8.54. The molecule has 0 aliphatic carbocycles. The van der Waals surface area contributed by atoms with Crippen molar-refractivity contribution >= 4 is 11.9 Å². The molecule has 1 rings (SSSR count). The minimum absolute atomic E-state index is 0.281. The van der Waals surface area contributed by atoms with Crippen LogP contribution in [0, 0.1) is 0 Å². The first kappa shape index (κ1) is 31.6. The highest BCUT2D eigenvalue weighted by Gasteiger charge is 2.10. The number of nitrogens with two attached hydrogens (primary N) is 2. The quantitative estimate of drug-likeness (QED) is 0.250.